The molecular formula is C24H27NO3. The average molecular weight is 377 g/mol. The van der Waals surface area contributed by atoms with Gasteiger partial charge in [0.05, 0.1) is 6.42 Å². The highest BCUT2D eigenvalue weighted by atomic mass is 16.5. The lowest BCUT2D eigenvalue weighted by Crippen LogP contribution is -2.30. The van der Waals surface area contributed by atoms with E-state index in [0.29, 0.717) is 13.0 Å². The van der Waals surface area contributed by atoms with Gasteiger partial charge in [-0.3, -0.25) is 9.59 Å². The van der Waals surface area contributed by atoms with E-state index in [4.69, 9.17) is 4.74 Å². The molecule has 1 aliphatic carbocycles. The van der Waals surface area contributed by atoms with Crippen LogP contribution in [0.3, 0.4) is 0 Å². The zero-order chi connectivity index (χ0) is 19.6. The highest BCUT2D eigenvalue weighted by Crippen LogP contribution is 2.27. The predicted molar refractivity (Wildman–Crippen MR) is 110 cm³/mol. The van der Waals surface area contributed by atoms with Crippen molar-refractivity contribution < 1.29 is 14.3 Å². The predicted octanol–water partition coefficient (Wildman–Crippen LogP) is 4.22. The van der Waals surface area contributed by atoms with E-state index in [0.717, 1.165) is 19.3 Å². The van der Waals surface area contributed by atoms with Gasteiger partial charge in [-0.1, -0.05) is 72.8 Å². The monoisotopic (exact) mass is 377 g/mol. The number of hydrogen-bond acceptors (Lipinski definition) is 3. The highest BCUT2D eigenvalue weighted by molar-refractivity contribution is 5.80. The van der Waals surface area contributed by atoms with Gasteiger partial charge in [-0.15, -0.1) is 0 Å². The Kier molecular flexibility index (Phi) is 7.42. The molecule has 0 aliphatic heterocycles. The Morgan fingerprint density at radius 1 is 1.00 bits per heavy atom. The average Bonchev–Trinajstić information content (AvgIpc) is 3.24. The summed E-state index contributed by atoms with van der Waals surface area (Å²) >= 11 is 0. The molecule has 28 heavy (non-hydrogen) atoms. The van der Waals surface area contributed by atoms with Gasteiger partial charge in [0.2, 0.25) is 0 Å². The van der Waals surface area contributed by atoms with Gasteiger partial charge in [0.25, 0.3) is 5.91 Å². The third kappa shape index (κ3) is 6.08. The molecule has 1 atom stereocenters. The molecule has 0 fully saturated rings. The Morgan fingerprint density at radius 3 is 2.21 bits per heavy atom. The fraction of sp³-hybridized carbons (Fsp3) is 0.333. The van der Waals surface area contributed by atoms with Crippen LogP contribution in [-0.4, -0.2) is 25.0 Å². The van der Waals surface area contributed by atoms with Crippen molar-refractivity contribution >= 4 is 11.9 Å². The fourth-order valence-electron chi connectivity index (χ4n) is 3.59. The largest absolute Gasteiger partial charge is 0.456 e. The van der Waals surface area contributed by atoms with Crippen LogP contribution in [0.25, 0.3) is 0 Å². The first-order valence-electron chi connectivity index (χ1n) is 9.91. The minimum atomic E-state index is -0.307. The van der Waals surface area contributed by atoms with Gasteiger partial charge in [0.1, 0.15) is 0 Å². The standard InChI is InChI=1S/C24H27NO3/c26-23(18-28-24(27)17-19-9-7-8-10-19)25-16-15-22(20-11-3-1-4-12-20)21-13-5-2-6-14-21/h1-7,9,11-14,19,22H,8,10,15-18H2,(H,25,26)/t19-/m1/s1. The van der Waals surface area contributed by atoms with Crippen molar-refractivity contribution in [2.75, 3.05) is 13.2 Å². The summed E-state index contributed by atoms with van der Waals surface area (Å²) in [7, 11) is 0. The van der Waals surface area contributed by atoms with Crippen LogP contribution in [0.15, 0.2) is 72.8 Å². The molecule has 0 heterocycles. The lowest BCUT2D eigenvalue weighted by molar-refractivity contribution is -0.149. The number of carbonyl (C=O) groups excluding carboxylic acids is 2. The number of esters is 1. The fourth-order valence-corrected chi connectivity index (χ4v) is 3.59. The van der Waals surface area contributed by atoms with E-state index in [1.165, 1.54) is 11.1 Å². The molecule has 1 amide bonds. The number of allylic oxidation sites excluding steroid dienone is 2. The van der Waals surface area contributed by atoms with Crippen LogP contribution in [0.5, 0.6) is 0 Å². The van der Waals surface area contributed by atoms with Crippen LogP contribution in [-0.2, 0) is 14.3 Å². The third-order valence-corrected chi connectivity index (χ3v) is 5.06. The van der Waals surface area contributed by atoms with E-state index in [-0.39, 0.29) is 30.3 Å². The lowest BCUT2D eigenvalue weighted by Gasteiger charge is -2.18. The van der Waals surface area contributed by atoms with Crippen LogP contribution in [0.2, 0.25) is 0 Å². The molecule has 3 rings (SSSR count). The first kappa shape index (κ1) is 19.9. The summed E-state index contributed by atoms with van der Waals surface area (Å²) < 4.78 is 5.11. The minimum absolute atomic E-state index is 0.208. The van der Waals surface area contributed by atoms with Gasteiger partial charge in [-0.25, -0.2) is 0 Å². The summed E-state index contributed by atoms with van der Waals surface area (Å²) in [6, 6.07) is 20.6. The number of nitrogens with one attached hydrogen (secondary N) is 1. The van der Waals surface area contributed by atoms with Gasteiger partial charge in [0.15, 0.2) is 6.61 Å². The maximum atomic E-state index is 12.0. The SMILES string of the molecule is O=C(COC(=O)C[C@@H]1C=CCC1)NCCC(c1ccccc1)c1ccccc1. The number of ether oxygens (including phenoxy) is 1. The van der Waals surface area contributed by atoms with Gasteiger partial charge in [-0.2, -0.15) is 0 Å². The second-order valence-electron chi connectivity index (χ2n) is 7.14. The first-order valence-corrected chi connectivity index (χ1v) is 9.91. The quantitative estimate of drug-likeness (QED) is 0.526. The molecule has 146 valence electrons. The van der Waals surface area contributed by atoms with Gasteiger partial charge < -0.3 is 10.1 Å². The molecule has 0 bridgehead atoms. The van der Waals surface area contributed by atoms with Crippen LogP contribution in [0, 0.1) is 5.92 Å². The third-order valence-electron chi connectivity index (χ3n) is 5.06. The Hall–Kier alpha value is -2.88. The van der Waals surface area contributed by atoms with E-state index in [1.54, 1.807) is 0 Å². The van der Waals surface area contributed by atoms with Gasteiger partial charge >= 0.3 is 5.97 Å². The smallest absolute Gasteiger partial charge is 0.306 e. The number of rotatable bonds is 9. The molecule has 0 saturated carbocycles. The van der Waals surface area contributed by atoms with Crippen LogP contribution in [0.4, 0.5) is 0 Å². The van der Waals surface area contributed by atoms with Crippen molar-refractivity contribution in [1.29, 1.82) is 0 Å². The normalized spacial score (nSPS) is 15.5. The molecule has 4 heteroatoms. The molecule has 2 aromatic carbocycles. The molecule has 4 nitrogen and oxygen atoms in total. The van der Waals surface area contributed by atoms with Gasteiger partial charge in [0, 0.05) is 12.5 Å². The maximum Gasteiger partial charge on any atom is 0.306 e. The molecule has 2 aromatic rings. The molecule has 1 N–H and O–H groups in total. The van der Waals surface area contributed by atoms with Gasteiger partial charge in [-0.05, 0) is 36.3 Å². The van der Waals surface area contributed by atoms with E-state index >= 15 is 0 Å². The van der Waals surface area contributed by atoms with Crippen molar-refractivity contribution in [3.63, 3.8) is 0 Å². The Morgan fingerprint density at radius 2 is 1.64 bits per heavy atom. The van der Waals surface area contributed by atoms with Crippen LogP contribution < -0.4 is 5.32 Å². The van der Waals surface area contributed by atoms with Crippen LogP contribution in [0.1, 0.15) is 42.7 Å². The highest BCUT2D eigenvalue weighted by Gasteiger charge is 2.17. The summed E-state index contributed by atoms with van der Waals surface area (Å²) in [4.78, 5) is 23.9. The van der Waals surface area contributed by atoms with E-state index < -0.39 is 0 Å². The number of amides is 1. The summed E-state index contributed by atoms with van der Waals surface area (Å²) in [5.74, 6) is -0.0965. The summed E-state index contributed by atoms with van der Waals surface area (Å²) in [6.45, 7) is 0.312. The van der Waals surface area contributed by atoms with E-state index in [9.17, 15) is 9.59 Å². The molecule has 1 aliphatic rings. The molecule has 0 spiro atoms. The molecule has 0 radical (unpaired) electrons. The van der Waals surface area contributed by atoms with Crippen LogP contribution >= 0.6 is 0 Å². The summed E-state index contributed by atoms with van der Waals surface area (Å²) in [6.07, 6.45) is 7.27. The Bertz CT molecular complexity index is 747. The molecule has 0 aromatic heterocycles. The number of benzene rings is 2. The molecular weight excluding hydrogens is 350 g/mol. The number of hydrogen-bond donors (Lipinski definition) is 1. The number of carbonyl (C=O) groups is 2. The Balaban J connectivity index is 1.45. The Labute approximate surface area is 166 Å². The van der Waals surface area contributed by atoms with Crippen molar-refractivity contribution in [2.24, 2.45) is 5.92 Å². The zero-order valence-electron chi connectivity index (χ0n) is 16.1. The maximum absolute atomic E-state index is 12.0. The van der Waals surface area contributed by atoms with E-state index in [2.05, 4.69) is 41.7 Å². The van der Waals surface area contributed by atoms with E-state index in [1.807, 2.05) is 36.4 Å². The summed E-state index contributed by atoms with van der Waals surface area (Å²) in [5, 5.41) is 2.87. The topological polar surface area (TPSA) is 55.4 Å². The van der Waals surface area contributed by atoms with Crippen molar-refractivity contribution in [3.8, 4) is 0 Å². The molecule has 0 saturated heterocycles. The lowest BCUT2D eigenvalue weighted by atomic mass is 9.88. The van der Waals surface area contributed by atoms with Crippen molar-refractivity contribution in [2.45, 2.75) is 31.6 Å². The second-order valence-corrected chi connectivity index (χ2v) is 7.14. The zero-order valence-corrected chi connectivity index (χ0v) is 16.1. The van der Waals surface area contributed by atoms with Crippen molar-refractivity contribution in [1.82, 2.24) is 5.32 Å². The van der Waals surface area contributed by atoms with Crippen molar-refractivity contribution in [3.05, 3.63) is 83.9 Å². The molecule has 0 unspecified atom stereocenters. The summed E-state index contributed by atoms with van der Waals surface area (Å²) in [5.41, 5.74) is 2.44. The second kappa shape index (κ2) is 10.5. The first-order chi connectivity index (χ1) is 13.7. The minimum Gasteiger partial charge on any atom is -0.456 e.